The third-order valence-corrected chi connectivity index (χ3v) is 4.29. The number of rotatable bonds is 8. The van der Waals surface area contributed by atoms with E-state index in [9.17, 15) is 0 Å². The third kappa shape index (κ3) is 4.53. The van der Waals surface area contributed by atoms with E-state index in [0.717, 1.165) is 39.7 Å². The lowest BCUT2D eigenvalue weighted by Crippen LogP contribution is -1.99. The molecule has 4 rings (SSSR count). The molecule has 6 nitrogen and oxygen atoms in total. The minimum absolute atomic E-state index is 0.285. The molecule has 0 saturated carbocycles. The van der Waals surface area contributed by atoms with E-state index in [1.807, 2.05) is 49.4 Å². The van der Waals surface area contributed by atoms with Gasteiger partial charge < -0.3 is 28.4 Å². The Hall–Kier alpha value is -2.70. The molecule has 2 aromatic rings. The van der Waals surface area contributed by atoms with Crippen LogP contribution in [0.2, 0.25) is 0 Å². The van der Waals surface area contributed by atoms with Crippen molar-refractivity contribution >= 4 is 0 Å². The van der Waals surface area contributed by atoms with Crippen LogP contribution in [0.25, 0.3) is 0 Å². The average Bonchev–Trinajstić information content (AvgIpc) is 3.33. The fraction of sp³-hybridized carbons (Fsp3) is 0.333. The molecule has 0 aliphatic carbocycles. The van der Waals surface area contributed by atoms with Gasteiger partial charge in [0, 0.05) is 0 Å². The third-order valence-electron chi connectivity index (χ3n) is 4.29. The van der Waals surface area contributed by atoms with Crippen molar-refractivity contribution in [3.63, 3.8) is 0 Å². The van der Waals surface area contributed by atoms with Crippen molar-refractivity contribution in [2.75, 3.05) is 26.8 Å². The lowest BCUT2D eigenvalue weighted by atomic mass is 10.2. The highest BCUT2D eigenvalue weighted by atomic mass is 16.7. The number of hydrogen-bond acceptors (Lipinski definition) is 6. The lowest BCUT2D eigenvalue weighted by Gasteiger charge is -2.07. The molecule has 2 aromatic carbocycles. The minimum atomic E-state index is 0.285. The van der Waals surface area contributed by atoms with Crippen LogP contribution < -0.4 is 18.9 Å². The fourth-order valence-corrected chi connectivity index (χ4v) is 2.83. The minimum Gasteiger partial charge on any atom is -0.454 e. The maximum atomic E-state index is 5.76. The van der Waals surface area contributed by atoms with Gasteiger partial charge in [-0.3, -0.25) is 0 Å². The van der Waals surface area contributed by atoms with E-state index >= 15 is 0 Å². The van der Waals surface area contributed by atoms with Crippen LogP contribution in [0.15, 0.2) is 48.0 Å². The Kier molecular flexibility index (Phi) is 5.46. The zero-order valence-electron chi connectivity index (χ0n) is 15.2. The van der Waals surface area contributed by atoms with Crippen molar-refractivity contribution in [1.82, 2.24) is 0 Å². The van der Waals surface area contributed by atoms with Crippen molar-refractivity contribution in [3.8, 4) is 23.0 Å². The predicted molar refractivity (Wildman–Crippen MR) is 98.2 cm³/mol. The molecule has 2 aliphatic heterocycles. The molecule has 2 heterocycles. The summed E-state index contributed by atoms with van der Waals surface area (Å²) < 4.78 is 32.8. The van der Waals surface area contributed by atoms with Gasteiger partial charge in [0.1, 0.15) is 0 Å². The van der Waals surface area contributed by atoms with Gasteiger partial charge >= 0.3 is 0 Å². The molecule has 0 spiro atoms. The van der Waals surface area contributed by atoms with Crippen LogP contribution in [0, 0.1) is 0 Å². The summed E-state index contributed by atoms with van der Waals surface area (Å²) in [4.78, 5) is 0. The maximum Gasteiger partial charge on any atom is 0.231 e. The number of ether oxygens (including phenoxy) is 6. The monoisotopic (exact) mass is 370 g/mol. The molecule has 142 valence electrons. The molecule has 0 aromatic heterocycles. The quantitative estimate of drug-likeness (QED) is 0.520. The topological polar surface area (TPSA) is 55.4 Å². The van der Waals surface area contributed by atoms with Crippen LogP contribution in [-0.2, 0) is 22.7 Å². The van der Waals surface area contributed by atoms with E-state index < -0.39 is 0 Å². The molecule has 27 heavy (non-hydrogen) atoms. The largest absolute Gasteiger partial charge is 0.454 e. The van der Waals surface area contributed by atoms with Crippen LogP contribution in [0.3, 0.4) is 0 Å². The maximum absolute atomic E-state index is 5.76. The van der Waals surface area contributed by atoms with Crippen LogP contribution in [0.4, 0.5) is 0 Å². The second kappa shape index (κ2) is 8.33. The summed E-state index contributed by atoms with van der Waals surface area (Å²) in [6, 6.07) is 11.7. The van der Waals surface area contributed by atoms with E-state index in [2.05, 4.69) is 0 Å². The first-order valence-corrected chi connectivity index (χ1v) is 8.86. The lowest BCUT2D eigenvalue weighted by molar-refractivity contribution is 0.135. The van der Waals surface area contributed by atoms with Crippen LogP contribution in [0.5, 0.6) is 23.0 Å². The summed E-state index contributed by atoms with van der Waals surface area (Å²) in [6.07, 6.45) is 2.03. The SMILES string of the molecule is CC(=CCOCc1ccc2c(c1)OCO2)COCc1ccc2c(c1)OCO2. The average molecular weight is 370 g/mol. The Bertz CT molecular complexity index is 829. The first-order valence-electron chi connectivity index (χ1n) is 8.86. The molecule has 0 radical (unpaired) electrons. The Morgan fingerprint density at radius 3 is 2.00 bits per heavy atom. The second-order valence-electron chi connectivity index (χ2n) is 6.43. The van der Waals surface area contributed by atoms with Gasteiger partial charge in [-0.2, -0.15) is 0 Å². The van der Waals surface area contributed by atoms with Gasteiger partial charge in [0.2, 0.25) is 13.6 Å². The summed E-state index contributed by atoms with van der Waals surface area (Å²) in [6.45, 7) is 4.75. The number of hydrogen-bond donors (Lipinski definition) is 0. The molecular weight excluding hydrogens is 348 g/mol. The molecule has 0 N–H and O–H groups in total. The molecule has 0 fully saturated rings. The molecule has 2 aliphatic rings. The fourth-order valence-electron chi connectivity index (χ4n) is 2.83. The van der Waals surface area contributed by atoms with Crippen molar-refractivity contribution in [1.29, 1.82) is 0 Å². The second-order valence-corrected chi connectivity index (χ2v) is 6.43. The van der Waals surface area contributed by atoms with Crippen molar-refractivity contribution in [3.05, 3.63) is 59.2 Å². The summed E-state index contributed by atoms with van der Waals surface area (Å²) in [5.41, 5.74) is 3.25. The Morgan fingerprint density at radius 1 is 0.815 bits per heavy atom. The van der Waals surface area contributed by atoms with Crippen molar-refractivity contribution in [2.24, 2.45) is 0 Å². The summed E-state index contributed by atoms with van der Waals surface area (Å²) in [5, 5.41) is 0. The Labute approximate surface area is 158 Å². The molecule has 0 atom stereocenters. The standard InChI is InChI=1S/C21H22O6/c1-15(10-23-12-17-3-5-19-21(9-17)27-14-25-19)6-7-22-11-16-2-4-18-20(8-16)26-13-24-18/h2-6,8-9H,7,10-14H2,1H3. The molecule has 0 bridgehead atoms. The zero-order chi connectivity index (χ0) is 18.5. The molecule has 0 unspecified atom stereocenters. The summed E-state index contributed by atoms with van der Waals surface area (Å²) >= 11 is 0. The van der Waals surface area contributed by atoms with Gasteiger partial charge in [-0.25, -0.2) is 0 Å². The van der Waals surface area contributed by atoms with Gasteiger partial charge in [-0.15, -0.1) is 0 Å². The first kappa shape index (κ1) is 17.7. The zero-order valence-corrected chi connectivity index (χ0v) is 15.2. The van der Waals surface area contributed by atoms with Crippen LogP contribution >= 0.6 is 0 Å². The van der Waals surface area contributed by atoms with E-state index in [1.54, 1.807) is 0 Å². The molecule has 0 amide bonds. The first-order chi connectivity index (χ1) is 13.3. The van der Waals surface area contributed by atoms with Crippen molar-refractivity contribution < 1.29 is 28.4 Å². The van der Waals surface area contributed by atoms with Gasteiger partial charge in [-0.1, -0.05) is 18.2 Å². The highest BCUT2D eigenvalue weighted by Crippen LogP contribution is 2.33. The highest BCUT2D eigenvalue weighted by Gasteiger charge is 2.14. The van der Waals surface area contributed by atoms with E-state index in [1.165, 1.54) is 0 Å². The summed E-state index contributed by atoms with van der Waals surface area (Å²) in [5.74, 6) is 3.13. The smallest absolute Gasteiger partial charge is 0.231 e. The normalized spacial score (nSPS) is 14.6. The van der Waals surface area contributed by atoms with E-state index in [0.29, 0.717) is 26.4 Å². The van der Waals surface area contributed by atoms with Crippen molar-refractivity contribution in [2.45, 2.75) is 20.1 Å². The van der Waals surface area contributed by atoms with Gasteiger partial charge in [0.05, 0.1) is 26.4 Å². The Morgan fingerprint density at radius 2 is 1.37 bits per heavy atom. The predicted octanol–water partition coefficient (Wildman–Crippen LogP) is 3.82. The number of fused-ring (bicyclic) bond motifs is 2. The van der Waals surface area contributed by atoms with Gasteiger partial charge in [0.15, 0.2) is 23.0 Å². The molecule has 6 heteroatoms. The van der Waals surface area contributed by atoms with Gasteiger partial charge in [0.25, 0.3) is 0 Å². The van der Waals surface area contributed by atoms with Crippen LogP contribution in [-0.4, -0.2) is 26.8 Å². The van der Waals surface area contributed by atoms with E-state index in [-0.39, 0.29) is 13.6 Å². The summed E-state index contributed by atoms with van der Waals surface area (Å²) in [7, 11) is 0. The van der Waals surface area contributed by atoms with E-state index in [4.69, 9.17) is 28.4 Å². The van der Waals surface area contributed by atoms with Crippen LogP contribution in [0.1, 0.15) is 18.1 Å². The highest BCUT2D eigenvalue weighted by molar-refractivity contribution is 5.45. The van der Waals surface area contributed by atoms with Gasteiger partial charge in [-0.05, 0) is 47.9 Å². The Balaban J connectivity index is 1.16. The molecule has 0 saturated heterocycles. The molecular formula is C21H22O6. The number of benzene rings is 2.